The minimum Gasteiger partial charge on any atom is -0.497 e. The lowest BCUT2D eigenvalue weighted by atomic mass is 10.1. The summed E-state index contributed by atoms with van der Waals surface area (Å²) in [6.45, 7) is 0.112. The molecule has 0 saturated heterocycles. The average Bonchev–Trinajstić information content (AvgIpc) is 2.42. The third-order valence-electron chi connectivity index (χ3n) is 2.49. The van der Waals surface area contributed by atoms with E-state index in [-0.39, 0.29) is 13.2 Å². The number of benzene rings is 1. The van der Waals surface area contributed by atoms with Crippen LogP contribution in [0, 0.1) is 0 Å². The van der Waals surface area contributed by atoms with E-state index in [9.17, 15) is 9.90 Å². The van der Waals surface area contributed by atoms with Gasteiger partial charge in [-0.05, 0) is 24.1 Å². The number of carbonyl (C=O) groups is 1. The summed E-state index contributed by atoms with van der Waals surface area (Å²) in [7, 11) is 2.97. The van der Waals surface area contributed by atoms with E-state index in [1.165, 1.54) is 14.2 Å². The summed E-state index contributed by atoms with van der Waals surface area (Å²) in [5.74, 6) is -0.119. The Morgan fingerprint density at radius 1 is 1.21 bits per heavy atom. The van der Waals surface area contributed by atoms with Crippen LogP contribution >= 0.6 is 0 Å². The molecule has 0 saturated carbocycles. The van der Waals surface area contributed by atoms with Gasteiger partial charge in [-0.1, -0.05) is 0 Å². The first-order chi connectivity index (χ1) is 9.12. The first-order valence-corrected chi connectivity index (χ1v) is 5.80. The smallest absolute Gasteiger partial charge is 0.337 e. The van der Waals surface area contributed by atoms with Gasteiger partial charge < -0.3 is 24.4 Å². The van der Waals surface area contributed by atoms with Crippen molar-refractivity contribution in [2.75, 3.05) is 27.4 Å². The van der Waals surface area contributed by atoms with Gasteiger partial charge in [-0.3, -0.25) is 0 Å². The number of hydrogen-bond acceptors (Lipinski definition) is 5. The van der Waals surface area contributed by atoms with E-state index in [1.807, 2.05) is 0 Å². The molecule has 106 valence electrons. The third-order valence-corrected chi connectivity index (χ3v) is 2.49. The first kappa shape index (κ1) is 15.3. The van der Waals surface area contributed by atoms with Crippen LogP contribution in [0.3, 0.4) is 0 Å². The Hall–Kier alpha value is -1.79. The largest absolute Gasteiger partial charge is 0.497 e. The third kappa shape index (κ3) is 4.42. The highest BCUT2D eigenvalue weighted by Crippen LogP contribution is 2.28. The molecule has 19 heavy (non-hydrogen) atoms. The van der Waals surface area contributed by atoms with Crippen LogP contribution in [-0.4, -0.2) is 43.6 Å². The molecule has 0 fully saturated rings. The molecule has 1 rings (SSSR count). The summed E-state index contributed by atoms with van der Waals surface area (Å²) in [6, 6.07) is 4.82. The first-order valence-electron chi connectivity index (χ1n) is 5.80. The Bertz CT molecular complexity index is 395. The summed E-state index contributed by atoms with van der Waals surface area (Å²) in [5.41, 5.74) is 0.432. The van der Waals surface area contributed by atoms with Crippen molar-refractivity contribution in [1.29, 1.82) is 0 Å². The monoisotopic (exact) mass is 270 g/mol. The van der Waals surface area contributed by atoms with E-state index >= 15 is 0 Å². The van der Waals surface area contributed by atoms with Gasteiger partial charge >= 0.3 is 5.97 Å². The maximum absolute atomic E-state index is 11.2. The fourth-order valence-electron chi connectivity index (χ4n) is 1.56. The second-order valence-electron chi connectivity index (χ2n) is 3.81. The number of rotatable bonds is 8. The molecule has 0 aliphatic carbocycles. The summed E-state index contributed by atoms with van der Waals surface area (Å²) in [6.07, 6.45) is -0.735. The molecule has 0 aromatic heterocycles. The van der Waals surface area contributed by atoms with Crippen LogP contribution < -0.4 is 9.47 Å². The van der Waals surface area contributed by atoms with Gasteiger partial charge in [-0.2, -0.15) is 0 Å². The SMILES string of the molecule is COc1cc(OC)cc(C(OCCCO)C(=O)O)c1. The summed E-state index contributed by atoms with van der Waals surface area (Å²) >= 11 is 0. The lowest BCUT2D eigenvalue weighted by Gasteiger charge is -2.15. The Morgan fingerprint density at radius 2 is 1.79 bits per heavy atom. The molecule has 1 aromatic rings. The van der Waals surface area contributed by atoms with E-state index in [1.54, 1.807) is 18.2 Å². The van der Waals surface area contributed by atoms with Gasteiger partial charge in [0.1, 0.15) is 11.5 Å². The fourth-order valence-corrected chi connectivity index (χ4v) is 1.56. The molecular weight excluding hydrogens is 252 g/mol. The topological polar surface area (TPSA) is 85.2 Å². The van der Waals surface area contributed by atoms with E-state index in [0.717, 1.165) is 0 Å². The molecule has 1 atom stereocenters. The van der Waals surface area contributed by atoms with Crippen molar-refractivity contribution in [1.82, 2.24) is 0 Å². The molecular formula is C13H18O6. The predicted octanol–water partition coefficient (Wildman–Crippen LogP) is 1.23. The molecule has 0 aliphatic heterocycles. The molecule has 0 bridgehead atoms. The summed E-state index contributed by atoms with van der Waals surface area (Å²) in [4.78, 5) is 11.2. The molecule has 0 radical (unpaired) electrons. The van der Waals surface area contributed by atoms with Gasteiger partial charge in [0.15, 0.2) is 6.10 Å². The molecule has 0 aliphatic rings. The number of hydrogen-bond donors (Lipinski definition) is 2. The molecule has 1 unspecified atom stereocenters. The van der Waals surface area contributed by atoms with Gasteiger partial charge in [0.2, 0.25) is 0 Å². The van der Waals surface area contributed by atoms with E-state index < -0.39 is 12.1 Å². The molecule has 0 spiro atoms. The number of methoxy groups -OCH3 is 2. The molecule has 1 aromatic carbocycles. The van der Waals surface area contributed by atoms with E-state index in [2.05, 4.69) is 0 Å². The summed E-state index contributed by atoms with van der Waals surface area (Å²) in [5, 5.41) is 17.9. The number of ether oxygens (including phenoxy) is 3. The maximum atomic E-state index is 11.2. The standard InChI is InChI=1S/C13H18O6/c1-17-10-6-9(7-11(8-10)18-2)12(13(15)16)19-5-3-4-14/h6-8,12,14H,3-5H2,1-2H3,(H,15,16). The van der Waals surface area contributed by atoms with Crippen molar-refractivity contribution in [3.63, 3.8) is 0 Å². The number of aliphatic hydroxyl groups is 1. The zero-order valence-electron chi connectivity index (χ0n) is 11.0. The molecule has 2 N–H and O–H groups in total. The minimum absolute atomic E-state index is 0.0478. The number of aliphatic hydroxyl groups excluding tert-OH is 1. The highest BCUT2D eigenvalue weighted by Gasteiger charge is 2.22. The minimum atomic E-state index is -1.12. The molecule has 0 amide bonds. The average molecular weight is 270 g/mol. The van der Waals surface area contributed by atoms with Gasteiger partial charge in [-0.15, -0.1) is 0 Å². The van der Waals surface area contributed by atoms with Crippen molar-refractivity contribution < 1.29 is 29.2 Å². The molecule has 0 heterocycles. The Balaban J connectivity index is 2.97. The van der Waals surface area contributed by atoms with Crippen LogP contribution in [0.15, 0.2) is 18.2 Å². The van der Waals surface area contributed by atoms with E-state index in [0.29, 0.717) is 23.5 Å². The Morgan fingerprint density at radius 3 is 2.21 bits per heavy atom. The zero-order chi connectivity index (χ0) is 14.3. The van der Waals surface area contributed by atoms with Crippen molar-refractivity contribution >= 4 is 5.97 Å². The highest BCUT2D eigenvalue weighted by molar-refractivity contribution is 5.74. The van der Waals surface area contributed by atoms with Crippen LogP contribution in [0.5, 0.6) is 11.5 Å². The lowest BCUT2D eigenvalue weighted by molar-refractivity contribution is -0.151. The van der Waals surface area contributed by atoms with Gasteiger partial charge in [-0.25, -0.2) is 4.79 Å². The van der Waals surface area contributed by atoms with Crippen LogP contribution in [0.25, 0.3) is 0 Å². The van der Waals surface area contributed by atoms with Crippen LogP contribution in [-0.2, 0) is 9.53 Å². The van der Waals surface area contributed by atoms with Crippen molar-refractivity contribution in [2.24, 2.45) is 0 Å². The van der Waals surface area contributed by atoms with Crippen LogP contribution in [0.2, 0.25) is 0 Å². The predicted molar refractivity (Wildman–Crippen MR) is 67.6 cm³/mol. The van der Waals surface area contributed by atoms with Gasteiger partial charge in [0, 0.05) is 12.7 Å². The van der Waals surface area contributed by atoms with Gasteiger partial charge in [0.05, 0.1) is 20.8 Å². The second kappa shape index (κ2) is 7.60. The highest BCUT2D eigenvalue weighted by atomic mass is 16.5. The number of carboxylic acid groups (broad SMARTS) is 1. The normalized spacial score (nSPS) is 11.9. The van der Waals surface area contributed by atoms with Gasteiger partial charge in [0.25, 0.3) is 0 Å². The molecule has 6 nitrogen and oxygen atoms in total. The summed E-state index contributed by atoms with van der Waals surface area (Å²) < 4.78 is 15.4. The van der Waals surface area contributed by atoms with Crippen molar-refractivity contribution in [3.05, 3.63) is 23.8 Å². The zero-order valence-corrected chi connectivity index (χ0v) is 11.0. The number of aliphatic carboxylic acids is 1. The maximum Gasteiger partial charge on any atom is 0.337 e. The van der Waals surface area contributed by atoms with Crippen molar-refractivity contribution in [3.8, 4) is 11.5 Å². The lowest BCUT2D eigenvalue weighted by Crippen LogP contribution is -2.16. The van der Waals surface area contributed by atoms with Crippen LogP contribution in [0.4, 0.5) is 0 Å². The van der Waals surface area contributed by atoms with E-state index in [4.69, 9.17) is 19.3 Å². The fraction of sp³-hybridized carbons (Fsp3) is 0.462. The van der Waals surface area contributed by atoms with Crippen molar-refractivity contribution in [2.45, 2.75) is 12.5 Å². The quantitative estimate of drug-likeness (QED) is 0.691. The molecule has 6 heteroatoms. The second-order valence-corrected chi connectivity index (χ2v) is 3.81. The Kier molecular flexibility index (Phi) is 6.11. The van der Waals surface area contributed by atoms with Crippen LogP contribution in [0.1, 0.15) is 18.1 Å². The number of carboxylic acids is 1. The Labute approximate surface area is 111 Å².